The van der Waals surface area contributed by atoms with Gasteiger partial charge in [-0.1, -0.05) is 0 Å². The van der Waals surface area contributed by atoms with Crippen molar-refractivity contribution in [2.45, 2.75) is 25.8 Å². The lowest BCUT2D eigenvalue weighted by Gasteiger charge is -2.32. The Morgan fingerprint density at radius 2 is 2.38 bits per heavy atom. The second kappa shape index (κ2) is 4.61. The summed E-state index contributed by atoms with van der Waals surface area (Å²) in [5.41, 5.74) is 2.03. The summed E-state index contributed by atoms with van der Waals surface area (Å²) in [7, 11) is 1.84. The molecule has 1 atom stereocenters. The highest BCUT2D eigenvalue weighted by Crippen LogP contribution is 2.23. The molecule has 1 aliphatic heterocycles. The summed E-state index contributed by atoms with van der Waals surface area (Å²) < 4.78 is 0. The van der Waals surface area contributed by atoms with Gasteiger partial charge in [0.2, 0.25) is 5.91 Å². The molecule has 1 aromatic heterocycles. The van der Waals surface area contributed by atoms with Gasteiger partial charge in [-0.15, -0.1) is 0 Å². The molecule has 1 N–H and O–H groups in total. The average molecular weight is 219 g/mol. The number of likely N-dealkylation sites (N-methyl/N-ethyl adjacent to an activating group) is 1. The third-order valence-corrected chi connectivity index (χ3v) is 3.09. The zero-order valence-electron chi connectivity index (χ0n) is 9.73. The predicted octanol–water partition coefficient (Wildman–Crippen LogP) is 1.10. The van der Waals surface area contributed by atoms with Gasteiger partial charge in [0.25, 0.3) is 0 Å². The lowest BCUT2D eigenvalue weighted by atomic mass is 10.0. The summed E-state index contributed by atoms with van der Waals surface area (Å²) in [6.07, 6.45) is 5.48. The molecule has 0 saturated carbocycles. The number of pyridine rings is 1. The number of hydrogen-bond donors (Lipinski definition) is 1. The van der Waals surface area contributed by atoms with Crippen LogP contribution in [0.2, 0.25) is 0 Å². The van der Waals surface area contributed by atoms with Crippen molar-refractivity contribution in [3.8, 4) is 0 Å². The minimum atomic E-state index is -0.0478. The normalized spacial score (nSPS) is 21.2. The Morgan fingerprint density at radius 3 is 3.06 bits per heavy atom. The monoisotopic (exact) mass is 219 g/mol. The van der Waals surface area contributed by atoms with E-state index in [4.69, 9.17) is 0 Å². The Balaban J connectivity index is 2.27. The van der Waals surface area contributed by atoms with Gasteiger partial charge in [-0.05, 0) is 38.4 Å². The van der Waals surface area contributed by atoms with Crippen molar-refractivity contribution in [3.05, 3.63) is 24.0 Å². The number of aryl methyl sites for hydroxylation is 1. The Kier molecular flexibility index (Phi) is 3.19. The van der Waals surface area contributed by atoms with Crippen molar-refractivity contribution in [3.63, 3.8) is 0 Å². The molecule has 1 aromatic rings. The lowest BCUT2D eigenvalue weighted by molar-refractivity contribution is -0.121. The number of nitrogens with zero attached hydrogens (tertiary/aromatic N) is 2. The molecule has 86 valence electrons. The van der Waals surface area contributed by atoms with Crippen LogP contribution in [0, 0.1) is 6.92 Å². The number of carbonyl (C=O) groups is 1. The van der Waals surface area contributed by atoms with Crippen LogP contribution in [-0.2, 0) is 4.79 Å². The highest BCUT2D eigenvalue weighted by molar-refractivity contribution is 5.98. The zero-order valence-corrected chi connectivity index (χ0v) is 9.73. The summed E-state index contributed by atoms with van der Waals surface area (Å²) in [6.45, 7) is 2.80. The molecule has 4 nitrogen and oxygen atoms in total. The van der Waals surface area contributed by atoms with Crippen LogP contribution in [0.15, 0.2) is 18.5 Å². The standard InChI is InChI=1S/C12H17N3O/c1-9-5-6-14-8-11(9)15-7-3-4-10(13-2)12(15)16/h5-6,8,10,13H,3-4,7H2,1-2H3. The van der Waals surface area contributed by atoms with E-state index in [1.165, 1.54) is 0 Å². The second-order valence-corrected chi connectivity index (χ2v) is 4.14. The van der Waals surface area contributed by atoms with E-state index in [0.29, 0.717) is 0 Å². The Labute approximate surface area is 95.7 Å². The number of carbonyl (C=O) groups excluding carboxylic acids is 1. The van der Waals surface area contributed by atoms with E-state index in [9.17, 15) is 4.79 Å². The summed E-state index contributed by atoms with van der Waals surface area (Å²) in [5, 5.41) is 3.06. The molecule has 0 radical (unpaired) electrons. The molecule has 0 bridgehead atoms. The molecule has 2 rings (SSSR count). The quantitative estimate of drug-likeness (QED) is 0.810. The molecule has 1 fully saturated rings. The number of aromatic nitrogens is 1. The van der Waals surface area contributed by atoms with Crippen LogP contribution in [-0.4, -0.2) is 30.5 Å². The molecule has 16 heavy (non-hydrogen) atoms. The van der Waals surface area contributed by atoms with Gasteiger partial charge in [0.1, 0.15) is 0 Å². The van der Waals surface area contributed by atoms with E-state index >= 15 is 0 Å². The Bertz CT molecular complexity index is 392. The molecule has 1 amide bonds. The van der Waals surface area contributed by atoms with Crippen LogP contribution in [0.25, 0.3) is 0 Å². The van der Waals surface area contributed by atoms with Gasteiger partial charge in [0, 0.05) is 12.7 Å². The molecular formula is C12H17N3O. The van der Waals surface area contributed by atoms with E-state index in [2.05, 4.69) is 10.3 Å². The van der Waals surface area contributed by atoms with Crippen molar-refractivity contribution in [1.82, 2.24) is 10.3 Å². The molecule has 0 aliphatic carbocycles. The predicted molar refractivity (Wildman–Crippen MR) is 63.4 cm³/mol. The van der Waals surface area contributed by atoms with Gasteiger partial charge in [0.15, 0.2) is 0 Å². The molecule has 0 aromatic carbocycles. The maximum atomic E-state index is 12.1. The van der Waals surface area contributed by atoms with Crippen molar-refractivity contribution < 1.29 is 4.79 Å². The van der Waals surface area contributed by atoms with Crippen molar-refractivity contribution >= 4 is 11.6 Å². The van der Waals surface area contributed by atoms with Gasteiger partial charge < -0.3 is 10.2 Å². The van der Waals surface area contributed by atoms with Gasteiger partial charge in [0.05, 0.1) is 17.9 Å². The Morgan fingerprint density at radius 1 is 1.56 bits per heavy atom. The largest absolute Gasteiger partial charge is 0.309 e. The number of hydrogen-bond acceptors (Lipinski definition) is 3. The van der Waals surface area contributed by atoms with E-state index in [0.717, 1.165) is 30.6 Å². The van der Waals surface area contributed by atoms with E-state index in [-0.39, 0.29) is 11.9 Å². The van der Waals surface area contributed by atoms with Gasteiger partial charge in [-0.2, -0.15) is 0 Å². The van der Waals surface area contributed by atoms with E-state index in [1.807, 2.05) is 24.9 Å². The fourth-order valence-corrected chi connectivity index (χ4v) is 2.12. The first-order valence-electron chi connectivity index (χ1n) is 5.63. The number of nitrogens with one attached hydrogen (secondary N) is 1. The van der Waals surface area contributed by atoms with E-state index in [1.54, 1.807) is 12.4 Å². The maximum absolute atomic E-state index is 12.1. The lowest BCUT2D eigenvalue weighted by Crippen LogP contribution is -2.50. The molecule has 1 saturated heterocycles. The van der Waals surface area contributed by atoms with Gasteiger partial charge in [-0.25, -0.2) is 0 Å². The van der Waals surface area contributed by atoms with Crippen LogP contribution >= 0.6 is 0 Å². The van der Waals surface area contributed by atoms with Crippen molar-refractivity contribution in [1.29, 1.82) is 0 Å². The first kappa shape index (κ1) is 11.1. The highest BCUT2D eigenvalue weighted by atomic mass is 16.2. The minimum Gasteiger partial charge on any atom is -0.309 e. The van der Waals surface area contributed by atoms with Crippen LogP contribution in [0.4, 0.5) is 5.69 Å². The maximum Gasteiger partial charge on any atom is 0.244 e. The summed E-state index contributed by atoms with van der Waals surface area (Å²) in [6, 6.07) is 1.89. The fraction of sp³-hybridized carbons (Fsp3) is 0.500. The number of anilines is 1. The van der Waals surface area contributed by atoms with Crippen LogP contribution < -0.4 is 10.2 Å². The van der Waals surface area contributed by atoms with Crippen LogP contribution in [0.3, 0.4) is 0 Å². The number of amides is 1. The molecule has 0 spiro atoms. The van der Waals surface area contributed by atoms with Crippen LogP contribution in [0.5, 0.6) is 0 Å². The smallest absolute Gasteiger partial charge is 0.244 e. The third-order valence-electron chi connectivity index (χ3n) is 3.09. The Hall–Kier alpha value is -1.42. The second-order valence-electron chi connectivity index (χ2n) is 4.14. The van der Waals surface area contributed by atoms with E-state index < -0.39 is 0 Å². The average Bonchev–Trinajstić information content (AvgIpc) is 2.31. The zero-order chi connectivity index (χ0) is 11.5. The highest BCUT2D eigenvalue weighted by Gasteiger charge is 2.28. The number of rotatable bonds is 2. The van der Waals surface area contributed by atoms with Crippen LogP contribution in [0.1, 0.15) is 18.4 Å². The van der Waals surface area contributed by atoms with Gasteiger partial charge >= 0.3 is 0 Å². The third kappa shape index (κ3) is 1.93. The SMILES string of the molecule is CNC1CCCN(c2cnccc2C)C1=O. The summed E-state index contributed by atoms with van der Waals surface area (Å²) in [4.78, 5) is 18.1. The first-order valence-corrected chi connectivity index (χ1v) is 5.63. The summed E-state index contributed by atoms with van der Waals surface area (Å²) in [5.74, 6) is 0.157. The van der Waals surface area contributed by atoms with Crippen molar-refractivity contribution in [2.75, 3.05) is 18.5 Å². The molecule has 2 heterocycles. The molecule has 1 unspecified atom stereocenters. The van der Waals surface area contributed by atoms with Gasteiger partial charge in [-0.3, -0.25) is 9.78 Å². The molecule has 4 heteroatoms. The van der Waals surface area contributed by atoms with Crippen molar-refractivity contribution in [2.24, 2.45) is 0 Å². The molecular weight excluding hydrogens is 202 g/mol. The first-order chi connectivity index (χ1) is 7.74. The topological polar surface area (TPSA) is 45.2 Å². The number of piperidine rings is 1. The minimum absolute atomic E-state index is 0.0478. The molecule has 1 aliphatic rings. The summed E-state index contributed by atoms with van der Waals surface area (Å²) >= 11 is 0. The fourth-order valence-electron chi connectivity index (χ4n) is 2.12.